The van der Waals surface area contributed by atoms with Crippen molar-refractivity contribution < 1.29 is 19.0 Å². The van der Waals surface area contributed by atoms with Crippen molar-refractivity contribution in [1.82, 2.24) is 0 Å². The Balaban J connectivity index is 0.00000144. The molecule has 0 aliphatic heterocycles. The molecular formula is C8H9F2NO2. The molecule has 0 radical (unpaired) electrons. The number of anilines is 1. The molecule has 0 saturated carbocycles. The molecule has 72 valence electrons. The smallest absolute Gasteiger partial charge is 0.409 e. The van der Waals surface area contributed by atoms with Crippen molar-refractivity contribution in [1.29, 1.82) is 0 Å². The molecule has 0 unspecified atom stereocenters. The standard InChI is InChI=1S/C8H8FNO2.FH/c9-5-6-3-1-2-4-7(6)10-8(11)12;/h1-4,10H,5H2,(H,11,12);1H. The number of para-hydroxylation sites is 1. The third-order valence-corrected chi connectivity index (χ3v) is 1.40. The van der Waals surface area contributed by atoms with Crippen LogP contribution >= 0.6 is 0 Å². The Morgan fingerprint density at radius 2 is 2.08 bits per heavy atom. The Morgan fingerprint density at radius 1 is 1.46 bits per heavy atom. The van der Waals surface area contributed by atoms with Gasteiger partial charge >= 0.3 is 6.09 Å². The van der Waals surface area contributed by atoms with E-state index >= 15 is 0 Å². The van der Waals surface area contributed by atoms with Gasteiger partial charge in [0.1, 0.15) is 6.67 Å². The number of amides is 1. The lowest BCUT2D eigenvalue weighted by Gasteiger charge is -2.04. The monoisotopic (exact) mass is 189 g/mol. The second-order valence-corrected chi connectivity index (χ2v) is 2.22. The van der Waals surface area contributed by atoms with E-state index in [-0.39, 0.29) is 4.70 Å². The molecular weight excluding hydrogens is 180 g/mol. The number of nitrogens with one attached hydrogen (secondary N) is 1. The highest BCUT2D eigenvalue weighted by Gasteiger charge is 2.02. The van der Waals surface area contributed by atoms with Crippen LogP contribution in [-0.2, 0) is 6.67 Å². The van der Waals surface area contributed by atoms with Crippen molar-refractivity contribution in [3.8, 4) is 0 Å². The van der Waals surface area contributed by atoms with Crippen molar-refractivity contribution in [2.24, 2.45) is 0 Å². The predicted molar refractivity (Wildman–Crippen MR) is 45.4 cm³/mol. The van der Waals surface area contributed by atoms with Gasteiger partial charge in [0.2, 0.25) is 0 Å². The van der Waals surface area contributed by atoms with Crippen LogP contribution < -0.4 is 5.32 Å². The second-order valence-electron chi connectivity index (χ2n) is 2.22. The summed E-state index contributed by atoms with van der Waals surface area (Å²) in [6.45, 7) is -0.670. The van der Waals surface area contributed by atoms with Crippen molar-refractivity contribution in [2.45, 2.75) is 6.67 Å². The van der Waals surface area contributed by atoms with Gasteiger partial charge in [-0.1, -0.05) is 18.2 Å². The van der Waals surface area contributed by atoms with Crippen LogP contribution in [-0.4, -0.2) is 11.2 Å². The van der Waals surface area contributed by atoms with Crippen LogP contribution in [0.2, 0.25) is 0 Å². The third-order valence-electron chi connectivity index (χ3n) is 1.40. The zero-order valence-electron chi connectivity index (χ0n) is 6.66. The number of hydrogen-bond acceptors (Lipinski definition) is 1. The van der Waals surface area contributed by atoms with Gasteiger partial charge in [-0.05, 0) is 6.07 Å². The molecule has 1 amide bonds. The van der Waals surface area contributed by atoms with Crippen LogP contribution in [0.15, 0.2) is 24.3 Å². The van der Waals surface area contributed by atoms with Gasteiger partial charge in [0.15, 0.2) is 0 Å². The molecule has 0 bridgehead atoms. The van der Waals surface area contributed by atoms with E-state index in [9.17, 15) is 9.18 Å². The molecule has 13 heavy (non-hydrogen) atoms. The molecule has 0 aromatic heterocycles. The van der Waals surface area contributed by atoms with Crippen LogP contribution in [0.4, 0.5) is 19.6 Å². The van der Waals surface area contributed by atoms with Gasteiger partial charge in [0.25, 0.3) is 0 Å². The molecule has 5 heteroatoms. The van der Waals surface area contributed by atoms with Crippen LogP contribution in [0, 0.1) is 0 Å². The van der Waals surface area contributed by atoms with Crippen LogP contribution in [0.3, 0.4) is 0 Å². The van der Waals surface area contributed by atoms with Crippen LogP contribution in [0.5, 0.6) is 0 Å². The fourth-order valence-corrected chi connectivity index (χ4v) is 0.874. The van der Waals surface area contributed by atoms with Crippen LogP contribution in [0.1, 0.15) is 5.56 Å². The molecule has 0 aliphatic carbocycles. The molecule has 3 nitrogen and oxygen atoms in total. The fourth-order valence-electron chi connectivity index (χ4n) is 0.874. The predicted octanol–water partition coefficient (Wildman–Crippen LogP) is 2.40. The highest BCUT2D eigenvalue weighted by atomic mass is 19.1. The summed E-state index contributed by atoms with van der Waals surface area (Å²) in [5.41, 5.74) is 0.646. The number of hydrogen-bond donors (Lipinski definition) is 2. The average Bonchev–Trinajstić information content (AvgIpc) is 2.04. The Bertz CT molecular complexity index is 291. The molecule has 0 spiro atoms. The van der Waals surface area contributed by atoms with Crippen molar-refractivity contribution in [3.63, 3.8) is 0 Å². The summed E-state index contributed by atoms with van der Waals surface area (Å²) in [7, 11) is 0. The minimum Gasteiger partial charge on any atom is -0.465 e. The summed E-state index contributed by atoms with van der Waals surface area (Å²) in [4.78, 5) is 10.2. The van der Waals surface area contributed by atoms with E-state index in [1.54, 1.807) is 12.1 Å². The van der Waals surface area contributed by atoms with Crippen molar-refractivity contribution in [3.05, 3.63) is 29.8 Å². The summed E-state index contributed by atoms with van der Waals surface area (Å²) >= 11 is 0. The first-order chi connectivity index (χ1) is 5.74. The number of rotatable bonds is 2. The Labute approximate surface area is 73.6 Å². The lowest BCUT2D eigenvalue weighted by atomic mass is 10.2. The summed E-state index contributed by atoms with van der Waals surface area (Å²) < 4.78 is 12.2. The quantitative estimate of drug-likeness (QED) is 0.750. The normalized spacial score (nSPS) is 8.69. The third kappa shape index (κ3) is 3.06. The topological polar surface area (TPSA) is 49.3 Å². The zero-order valence-corrected chi connectivity index (χ0v) is 6.66. The number of carbonyl (C=O) groups is 1. The van der Waals surface area contributed by atoms with E-state index in [2.05, 4.69) is 5.32 Å². The SMILES string of the molecule is F.O=C(O)Nc1ccccc1CF. The second kappa shape index (κ2) is 5.08. The zero-order chi connectivity index (χ0) is 8.97. The molecule has 1 aromatic rings. The number of alkyl halides is 1. The molecule has 0 saturated heterocycles. The maximum absolute atomic E-state index is 12.2. The largest absolute Gasteiger partial charge is 0.465 e. The molecule has 2 N–H and O–H groups in total. The van der Waals surface area contributed by atoms with Gasteiger partial charge in [-0.15, -0.1) is 0 Å². The highest BCUT2D eigenvalue weighted by Crippen LogP contribution is 2.15. The van der Waals surface area contributed by atoms with Gasteiger partial charge < -0.3 is 5.11 Å². The summed E-state index contributed by atoms with van der Waals surface area (Å²) in [6, 6.07) is 6.35. The van der Waals surface area contributed by atoms with E-state index in [4.69, 9.17) is 5.11 Å². The first-order valence-corrected chi connectivity index (χ1v) is 3.38. The van der Waals surface area contributed by atoms with Gasteiger partial charge in [-0.25, -0.2) is 9.18 Å². The summed E-state index contributed by atoms with van der Waals surface area (Å²) in [5, 5.41) is 10.5. The molecule has 0 heterocycles. The molecule has 0 atom stereocenters. The number of carboxylic acid groups (broad SMARTS) is 1. The Kier molecular flexibility index (Phi) is 4.43. The minimum atomic E-state index is -1.18. The van der Waals surface area contributed by atoms with E-state index in [0.717, 1.165) is 0 Å². The first kappa shape index (κ1) is 11.4. The van der Waals surface area contributed by atoms with E-state index in [0.29, 0.717) is 11.3 Å². The Hall–Kier alpha value is -1.65. The Morgan fingerprint density at radius 3 is 2.62 bits per heavy atom. The number of benzene rings is 1. The molecule has 0 aliphatic rings. The van der Waals surface area contributed by atoms with Gasteiger partial charge in [0.05, 0.1) is 0 Å². The van der Waals surface area contributed by atoms with Gasteiger partial charge in [-0.2, -0.15) is 0 Å². The molecule has 0 fully saturated rings. The minimum absolute atomic E-state index is 0. The maximum atomic E-state index is 12.2. The number of halogens is 2. The molecule has 1 aromatic carbocycles. The summed E-state index contributed by atoms with van der Waals surface area (Å²) in [5.74, 6) is 0. The lowest BCUT2D eigenvalue weighted by molar-refractivity contribution is 0.209. The lowest BCUT2D eigenvalue weighted by Crippen LogP contribution is -2.08. The van der Waals surface area contributed by atoms with E-state index in [1.807, 2.05) is 0 Å². The van der Waals surface area contributed by atoms with Gasteiger partial charge in [0, 0.05) is 11.3 Å². The van der Waals surface area contributed by atoms with E-state index < -0.39 is 12.8 Å². The fraction of sp³-hybridized carbons (Fsp3) is 0.125. The highest BCUT2D eigenvalue weighted by molar-refractivity contribution is 5.83. The average molecular weight is 189 g/mol. The first-order valence-electron chi connectivity index (χ1n) is 3.38. The van der Waals surface area contributed by atoms with Gasteiger partial charge in [-0.3, -0.25) is 10.0 Å². The maximum Gasteiger partial charge on any atom is 0.409 e. The summed E-state index contributed by atoms with van der Waals surface area (Å²) in [6.07, 6.45) is -1.18. The van der Waals surface area contributed by atoms with E-state index in [1.165, 1.54) is 12.1 Å². The van der Waals surface area contributed by atoms with Crippen molar-refractivity contribution >= 4 is 11.8 Å². The van der Waals surface area contributed by atoms with Crippen LogP contribution in [0.25, 0.3) is 0 Å². The molecule has 1 rings (SSSR count). The van der Waals surface area contributed by atoms with Crippen molar-refractivity contribution in [2.75, 3.05) is 5.32 Å².